The summed E-state index contributed by atoms with van der Waals surface area (Å²) in [6.07, 6.45) is 2.45. The van der Waals surface area contributed by atoms with Crippen molar-refractivity contribution in [3.8, 4) is 5.75 Å². The lowest BCUT2D eigenvalue weighted by Crippen LogP contribution is -2.32. The molecule has 0 aromatic heterocycles. The summed E-state index contributed by atoms with van der Waals surface area (Å²) in [5.41, 5.74) is 25.9. The van der Waals surface area contributed by atoms with E-state index in [1.54, 1.807) is 9.80 Å². The van der Waals surface area contributed by atoms with E-state index in [9.17, 15) is 0 Å². The molecule has 0 N–H and O–H groups in total. The van der Waals surface area contributed by atoms with E-state index in [1.807, 2.05) is 70.2 Å². The van der Waals surface area contributed by atoms with Gasteiger partial charge in [-0.15, -0.1) is 0 Å². The average molecular weight is 1810 g/mol. The van der Waals surface area contributed by atoms with Gasteiger partial charge in [-0.1, -0.05) is 348 Å². The molecule has 10 aromatic carbocycles. The van der Waals surface area contributed by atoms with E-state index in [0.29, 0.717) is 65.6 Å². The molecule has 0 unspecified atom stereocenters. The summed E-state index contributed by atoms with van der Waals surface area (Å²) >= 11 is 0. The van der Waals surface area contributed by atoms with E-state index >= 15 is 0 Å². The smallest absolute Gasteiger partial charge is 0.122 e. The van der Waals surface area contributed by atoms with Crippen LogP contribution in [0.1, 0.15) is 333 Å². The zero-order chi connectivity index (χ0) is 106. The van der Waals surface area contributed by atoms with Crippen molar-refractivity contribution in [3.05, 3.63) is 298 Å². The molecule has 0 aliphatic heterocycles. The Hall–Kier alpha value is -9.20. The number of benzene rings is 10. The van der Waals surface area contributed by atoms with Crippen molar-refractivity contribution in [1.29, 1.82) is 0 Å². The second-order valence-electron chi connectivity index (χ2n) is 44.4. The van der Waals surface area contributed by atoms with Crippen LogP contribution in [0.5, 0.6) is 5.75 Å². The van der Waals surface area contributed by atoms with Gasteiger partial charge in [-0.05, 0) is 322 Å². The van der Waals surface area contributed by atoms with Crippen LogP contribution < -0.4 is 34.1 Å². The molecule has 732 valence electrons. The highest BCUT2D eigenvalue weighted by Crippen LogP contribution is 2.47. The minimum atomic E-state index is -2.13. The first-order chi connectivity index (χ1) is 64.3. The van der Waals surface area contributed by atoms with Crippen LogP contribution in [-0.2, 0) is 39.9 Å². The number of aryl methyl sites for hydroxylation is 4. The standard InChI is InChI=1S/C23H33N.2C21H29N.3C16H27N.C13H20O/c1-16(2)23(7,8)20-14-9-10-15-21(20)24(17(3)4)22-18(5)12-11-13-19(22)6;1-15(2)14-19-12-7-8-13-20(19)22(16(3)4)21-17(5)10-9-11-18(21)6;1-16(2)21(5,6)19-14-10-11-15-20(19)22(17(3)4)18-12-8-7-9-13-18;3*1-12(2)16(5,6)14-10-8-9-11-15(14)17(7)13(3)4;1-10(2)9-12-7-5-6-8-13(12)14-11(3)4/h9-17H,1-8H3;7-13,15-16H,14H2,1-6H3;7-17H,1-6H3;3*8-13H,1-7H3;5-8,10-11H,9H2,1-4H3/i;;;2*7D3;;. The van der Waals surface area contributed by atoms with Gasteiger partial charge in [0.15, 0.2) is 0 Å². The third-order valence-corrected chi connectivity index (χ3v) is 28.2. The topological polar surface area (TPSA) is 28.7 Å². The van der Waals surface area contributed by atoms with Crippen LogP contribution in [0.15, 0.2) is 237 Å². The lowest BCUT2D eigenvalue weighted by atomic mass is 9.74. The molecule has 0 radical (unpaired) electrons. The molecule has 0 bridgehead atoms. The van der Waals surface area contributed by atoms with Gasteiger partial charge in [0, 0.05) is 117 Å². The number of rotatable bonds is 31. The predicted molar refractivity (Wildman–Crippen MR) is 598 cm³/mol. The van der Waals surface area contributed by atoms with E-state index in [1.165, 1.54) is 89.9 Å². The van der Waals surface area contributed by atoms with E-state index in [2.05, 4.69) is 484 Å². The summed E-state index contributed by atoms with van der Waals surface area (Å²) < 4.78 is 52.7. The number of anilines is 9. The Morgan fingerprint density at radius 2 is 0.489 bits per heavy atom. The second kappa shape index (κ2) is 52.8. The fraction of sp³-hybridized carbons (Fsp3) is 0.524. The maximum Gasteiger partial charge on any atom is 0.122 e. The van der Waals surface area contributed by atoms with Crippen molar-refractivity contribution in [3.63, 3.8) is 0 Å². The molecule has 0 heterocycles. The molecule has 10 rings (SSSR count). The molecule has 10 aromatic rings. The first-order valence-corrected chi connectivity index (χ1v) is 50.5. The van der Waals surface area contributed by atoms with Gasteiger partial charge in [-0.3, -0.25) is 0 Å². The van der Waals surface area contributed by atoms with Gasteiger partial charge in [0.2, 0.25) is 0 Å². The Balaban J connectivity index is 0.000000340. The van der Waals surface area contributed by atoms with Gasteiger partial charge in [0.25, 0.3) is 0 Å². The SMILES string of the molecule is CC(C)Cc1ccccc1OC(C)C.CC(C)N(C)c1ccccc1C(C)(C)C(C)C.CC(C)N(c1ccccc1)c1ccccc1C(C)(C)C(C)C.Cc1cccc(C)c1N(c1ccccc1C(C)(C)C(C)C)C(C)C.Cc1cccc(C)c1N(c1ccccc1CC(C)C)C(C)C.[2H]C([2H])([2H])N(c1ccccc1C(C)(C)C(C)C)C(C)C.[2H]C([2H])([2H])N(c1ccccc1C(C)(C)C(C)C)C(C)C. The van der Waals surface area contributed by atoms with Crippen LogP contribution in [0, 0.1) is 69.1 Å². The molecule has 0 atom stereocenters. The monoisotopic (exact) mass is 1810 g/mol. The third kappa shape index (κ3) is 32.2. The van der Waals surface area contributed by atoms with E-state index in [0.717, 1.165) is 41.1 Å². The Morgan fingerprint density at radius 1 is 0.248 bits per heavy atom. The van der Waals surface area contributed by atoms with Crippen molar-refractivity contribution in [2.45, 2.75) is 373 Å². The van der Waals surface area contributed by atoms with Crippen LogP contribution in [0.25, 0.3) is 0 Å². The third-order valence-electron chi connectivity index (χ3n) is 28.2. The summed E-state index contributed by atoms with van der Waals surface area (Å²) in [5, 5.41) is 0. The number of nitrogens with zero attached hydrogens (tertiary/aromatic N) is 6. The van der Waals surface area contributed by atoms with Crippen molar-refractivity contribution >= 4 is 51.2 Å². The molecule has 0 aliphatic carbocycles. The maximum atomic E-state index is 7.82. The molecule has 7 nitrogen and oxygen atoms in total. The molecule has 0 saturated carbocycles. The van der Waals surface area contributed by atoms with Gasteiger partial charge in [0.1, 0.15) is 5.75 Å². The second-order valence-corrected chi connectivity index (χ2v) is 44.4. The maximum absolute atomic E-state index is 7.82. The minimum absolute atomic E-state index is 0.0744. The quantitative estimate of drug-likeness (QED) is 0.0428. The fourth-order valence-electron chi connectivity index (χ4n) is 16.5. The zero-order valence-electron chi connectivity index (χ0n) is 98.1. The van der Waals surface area contributed by atoms with Crippen molar-refractivity contribution in [2.75, 3.05) is 50.4 Å². The zero-order valence-corrected chi connectivity index (χ0v) is 92.1. The van der Waals surface area contributed by atoms with Gasteiger partial charge in [-0.2, -0.15) is 0 Å². The van der Waals surface area contributed by atoms with Gasteiger partial charge in [0.05, 0.1) is 6.10 Å². The summed E-state index contributed by atoms with van der Waals surface area (Å²) in [7, 11) is 2.18. The summed E-state index contributed by atoms with van der Waals surface area (Å²) in [6.45, 7) is 88.9. The first-order valence-electron chi connectivity index (χ1n) is 53.5. The molecule has 7 heteroatoms. The Bertz CT molecular complexity index is 5110. The van der Waals surface area contributed by atoms with Gasteiger partial charge >= 0.3 is 0 Å². The molecule has 0 saturated heterocycles. The lowest BCUT2D eigenvalue weighted by molar-refractivity contribution is 0.239. The Labute approximate surface area is 827 Å². The lowest BCUT2D eigenvalue weighted by Gasteiger charge is -2.39. The molecule has 0 aliphatic rings. The molecular formula is C126H192N6O. The Morgan fingerprint density at radius 3 is 0.774 bits per heavy atom. The summed E-state index contributed by atoms with van der Waals surface area (Å²) in [4.78, 5) is 12.9. The largest absolute Gasteiger partial charge is 0.491 e. The number of hydrogen-bond donors (Lipinski definition) is 0. The fourth-order valence-corrected chi connectivity index (χ4v) is 16.5. The van der Waals surface area contributed by atoms with Crippen LogP contribution in [0.3, 0.4) is 0 Å². The highest BCUT2D eigenvalue weighted by atomic mass is 16.5. The molecule has 0 amide bonds. The number of hydrogen-bond acceptors (Lipinski definition) is 7. The average Bonchev–Trinajstić information content (AvgIpc) is 0.781. The highest BCUT2D eigenvalue weighted by Gasteiger charge is 2.35. The van der Waals surface area contributed by atoms with Crippen LogP contribution >= 0.6 is 0 Å². The first kappa shape index (κ1) is 106. The van der Waals surface area contributed by atoms with E-state index in [4.69, 9.17) is 13.0 Å². The van der Waals surface area contributed by atoms with Crippen molar-refractivity contribution < 1.29 is 13.0 Å². The molecular weight excluding hydrogens is 1610 g/mol. The van der Waals surface area contributed by atoms with Crippen LogP contribution in [-0.4, -0.2) is 63.4 Å². The Kier molecular flexibility index (Phi) is 42.0. The molecule has 0 spiro atoms. The minimum Gasteiger partial charge on any atom is -0.491 e. The van der Waals surface area contributed by atoms with Gasteiger partial charge in [-0.25, -0.2) is 0 Å². The van der Waals surface area contributed by atoms with E-state index < -0.39 is 14.0 Å². The number of para-hydroxylation sites is 10. The van der Waals surface area contributed by atoms with Crippen molar-refractivity contribution in [1.82, 2.24) is 0 Å². The summed E-state index contributed by atoms with van der Waals surface area (Å²) in [6, 6.07) is 84.9. The molecule has 0 fully saturated rings. The predicted octanol–water partition coefficient (Wildman–Crippen LogP) is 36.1. The van der Waals surface area contributed by atoms with Crippen LogP contribution in [0.2, 0.25) is 0 Å². The van der Waals surface area contributed by atoms with Crippen molar-refractivity contribution in [2.24, 2.45) is 41.4 Å². The van der Waals surface area contributed by atoms with Crippen LogP contribution in [0.4, 0.5) is 51.2 Å². The summed E-state index contributed by atoms with van der Waals surface area (Å²) in [5.74, 6) is 5.01. The molecule has 133 heavy (non-hydrogen) atoms. The van der Waals surface area contributed by atoms with Gasteiger partial charge < -0.3 is 34.1 Å². The normalized spacial score (nSPS) is 12.8. The number of ether oxygens (including phenoxy) is 1. The van der Waals surface area contributed by atoms with E-state index in [-0.39, 0.29) is 45.3 Å². The highest BCUT2D eigenvalue weighted by molar-refractivity contribution is 5.75.